The Balaban J connectivity index is 1.89. The molecule has 0 heterocycles. The van der Waals surface area contributed by atoms with E-state index in [2.05, 4.69) is 0 Å². The van der Waals surface area contributed by atoms with E-state index in [0.717, 1.165) is 47.3 Å². The highest BCUT2D eigenvalue weighted by atomic mass is 16.3. The average molecular weight is 162 g/mol. The second-order valence-electron chi connectivity index (χ2n) is 5.93. The van der Waals surface area contributed by atoms with E-state index in [1.54, 1.807) is 0 Å². The lowest BCUT2D eigenvalue weighted by atomic mass is 9.71. The molecule has 1 N–H and O–H groups in total. The second kappa shape index (κ2) is 1.30. The van der Waals surface area contributed by atoms with Crippen molar-refractivity contribution in [1.82, 2.24) is 0 Å². The summed E-state index contributed by atoms with van der Waals surface area (Å²) in [6, 6.07) is 0. The molecule has 6 saturated carbocycles. The molecule has 8 unspecified atom stereocenters. The molecule has 64 valence electrons. The second-order valence-corrected chi connectivity index (χ2v) is 5.93. The summed E-state index contributed by atoms with van der Waals surface area (Å²) in [4.78, 5) is 0. The summed E-state index contributed by atoms with van der Waals surface area (Å²) in [6.07, 6.45) is 3.16. The zero-order valence-electron chi connectivity index (χ0n) is 7.06. The fraction of sp³-hybridized carbons (Fsp3) is 1.00. The Morgan fingerprint density at radius 2 is 1.17 bits per heavy atom. The molecule has 0 spiro atoms. The van der Waals surface area contributed by atoms with E-state index in [9.17, 15) is 5.11 Å². The molecule has 0 amide bonds. The van der Waals surface area contributed by atoms with E-state index in [-0.39, 0.29) is 6.10 Å². The van der Waals surface area contributed by atoms with Crippen LogP contribution in [-0.2, 0) is 0 Å². The van der Waals surface area contributed by atoms with Crippen molar-refractivity contribution in [3.05, 3.63) is 0 Å². The lowest BCUT2D eigenvalue weighted by molar-refractivity contribution is 0.116. The molecule has 6 bridgehead atoms. The van der Waals surface area contributed by atoms with Gasteiger partial charge in [-0.2, -0.15) is 0 Å². The molecular weight excluding hydrogens is 148 g/mol. The van der Waals surface area contributed by atoms with Gasteiger partial charge in [0.05, 0.1) is 6.10 Å². The van der Waals surface area contributed by atoms with Gasteiger partial charge in [0.15, 0.2) is 0 Å². The summed E-state index contributed by atoms with van der Waals surface area (Å²) in [7, 11) is 0. The Morgan fingerprint density at radius 3 is 1.67 bits per heavy atom. The lowest BCUT2D eigenvalue weighted by Gasteiger charge is -2.33. The van der Waals surface area contributed by atoms with Crippen molar-refractivity contribution in [1.29, 1.82) is 0 Å². The van der Waals surface area contributed by atoms with E-state index < -0.39 is 0 Å². The van der Waals surface area contributed by atoms with E-state index in [1.165, 1.54) is 12.8 Å². The zero-order valence-corrected chi connectivity index (χ0v) is 7.06. The molecule has 0 aliphatic heterocycles. The van der Waals surface area contributed by atoms with Crippen LogP contribution in [0.2, 0.25) is 0 Å². The van der Waals surface area contributed by atoms with Crippen LogP contribution in [0.25, 0.3) is 0 Å². The topological polar surface area (TPSA) is 20.2 Å². The largest absolute Gasteiger partial charge is 0.393 e. The van der Waals surface area contributed by atoms with Gasteiger partial charge in [0.1, 0.15) is 0 Å². The smallest absolute Gasteiger partial charge is 0.0607 e. The lowest BCUT2D eigenvalue weighted by Crippen LogP contribution is -2.30. The Bertz CT molecular complexity index is 251. The number of aliphatic hydroxyl groups excluding tert-OH is 1. The Kier molecular flexibility index (Phi) is 0.609. The fourth-order valence-electron chi connectivity index (χ4n) is 6.57. The molecule has 0 aromatic rings. The summed E-state index contributed by atoms with van der Waals surface area (Å²) in [5, 5.41) is 10.1. The van der Waals surface area contributed by atoms with Crippen molar-refractivity contribution < 1.29 is 5.11 Å². The first-order chi connectivity index (χ1) is 5.88. The maximum atomic E-state index is 10.1. The fourth-order valence-corrected chi connectivity index (χ4v) is 6.57. The summed E-state index contributed by atoms with van der Waals surface area (Å²) in [5.74, 6) is 7.73. The van der Waals surface area contributed by atoms with Gasteiger partial charge in [-0.3, -0.25) is 0 Å². The molecule has 6 fully saturated rings. The van der Waals surface area contributed by atoms with Crippen LogP contribution in [0.5, 0.6) is 0 Å². The molecule has 6 aliphatic carbocycles. The number of rotatable bonds is 0. The van der Waals surface area contributed by atoms with Crippen molar-refractivity contribution in [2.45, 2.75) is 18.9 Å². The van der Waals surface area contributed by atoms with E-state index in [0.29, 0.717) is 0 Å². The minimum atomic E-state index is 0.146. The Labute approximate surface area is 72.2 Å². The molecule has 0 saturated heterocycles. The van der Waals surface area contributed by atoms with Gasteiger partial charge < -0.3 is 5.11 Å². The Morgan fingerprint density at radius 1 is 0.667 bits per heavy atom. The summed E-state index contributed by atoms with van der Waals surface area (Å²) >= 11 is 0. The number of hydrogen-bond donors (Lipinski definition) is 1. The summed E-state index contributed by atoms with van der Waals surface area (Å²) in [6.45, 7) is 0. The van der Waals surface area contributed by atoms with E-state index in [1.807, 2.05) is 0 Å². The van der Waals surface area contributed by atoms with Gasteiger partial charge in [0, 0.05) is 0 Å². The van der Waals surface area contributed by atoms with Crippen molar-refractivity contribution >= 4 is 0 Å². The maximum absolute atomic E-state index is 10.1. The van der Waals surface area contributed by atoms with Crippen LogP contribution in [0.3, 0.4) is 0 Å². The summed E-state index contributed by atoms with van der Waals surface area (Å²) in [5.41, 5.74) is 0. The quantitative estimate of drug-likeness (QED) is 0.566. The van der Waals surface area contributed by atoms with Crippen molar-refractivity contribution in [3.8, 4) is 0 Å². The molecule has 8 atom stereocenters. The maximum Gasteiger partial charge on any atom is 0.0607 e. The van der Waals surface area contributed by atoms with Gasteiger partial charge in [-0.25, -0.2) is 0 Å². The zero-order chi connectivity index (χ0) is 7.61. The van der Waals surface area contributed by atoms with Crippen LogP contribution in [0.15, 0.2) is 0 Å². The minimum Gasteiger partial charge on any atom is -0.393 e. The van der Waals surface area contributed by atoms with Crippen molar-refractivity contribution in [2.24, 2.45) is 47.3 Å². The average Bonchev–Trinajstić information content (AvgIpc) is 2.68. The molecule has 0 aromatic heterocycles. The van der Waals surface area contributed by atoms with Crippen LogP contribution in [0.1, 0.15) is 12.8 Å². The van der Waals surface area contributed by atoms with Crippen LogP contribution in [0.4, 0.5) is 0 Å². The molecule has 1 nitrogen and oxygen atoms in total. The molecule has 6 rings (SSSR count). The van der Waals surface area contributed by atoms with Crippen LogP contribution in [0, 0.1) is 47.3 Å². The normalized spacial score (nSPS) is 85.2. The standard InChI is InChI=1S/C11H14O/c12-11-9-5-1-3-4-2-6(7(3)9)10(11)8(4)5/h3-12H,1-2H2. The van der Waals surface area contributed by atoms with E-state index in [4.69, 9.17) is 0 Å². The predicted octanol–water partition coefficient (Wildman–Crippen LogP) is 1.13. The van der Waals surface area contributed by atoms with Crippen molar-refractivity contribution in [2.75, 3.05) is 0 Å². The van der Waals surface area contributed by atoms with Gasteiger partial charge in [-0.05, 0) is 60.2 Å². The summed E-state index contributed by atoms with van der Waals surface area (Å²) < 4.78 is 0. The molecule has 12 heavy (non-hydrogen) atoms. The molecule has 0 aromatic carbocycles. The minimum absolute atomic E-state index is 0.146. The van der Waals surface area contributed by atoms with E-state index >= 15 is 0 Å². The number of aliphatic hydroxyl groups is 1. The van der Waals surface area contributed by atoms with Crippen molar-refractivity contribution in [3.63, 3.8) is 0 Å². The number of hydrogen-bond acceptors (Lipinski definition) is 1. The highest BCUT2D eigenvalue weighted by molar-refractivity contribution is 5.27. The van der Waals surface area contributed by atoms with Gasteiger partial charge in [0.25, 0.3) is 0 Å². The molecule has 1 heteroatoms. The third-order valence-corrected chi connectivity index (χ3v) is 6.28. The van der Waals surface area contributed by atoms with Crippen LogP contribution < -0.4 is 0 Å². The first-order valence-corrected chi connectivity index (χ1v) is 5.56. The van der Waals surface area contributed by atoms with Gasteiger partial charge in [0.2, 0.25) is 0 Å². The van der Waals surface area contributed by atoms with Gasteiger partial charge >= 0.3 is 0 Å². The first-order valence-electron chi connectivity index (χ1n) is 5.56. The molecular formula is C11H14O. The third kappa shape index (κ3) is 0.296. The van der Waals surface area contributed by atoms with Gasteiger partial charge in [-0.1, -0.05) is 0 Å². The van der Waals surface area contributed by atoms with Gasteiger partial charge in [-0.15, -0.1) is 0 Å². The highest BCUT2D eigenvalue weighted by Gasteiger charge is 2.80. The molecule has 6 aliphatic rings. The Hall–Kier alpha value is -0.0400. The monoisotopic (exact) mass is 162 g/mol. The third-order valence-electron chi connectivity index (χ3n) is 6.28. The highest BCUT2D eigenvalue weighted by Crippen LogP contribution is 2.82. The molecule has 0 radical (unpaired) electrons. The first kappa shape index (κ1) is 5.64. The van der Waals surface area contributed by atoms with Crippen LogP contribution in [-0.4, -0.2) is 11.2 Å². The SMILES string of the molecule is OC1C2C3CC4C5CC(C1C53)C42. The predicted molar refractivity (Wildman–Crippen MR) is 43.2 cm³/mol. The van der Waals surface area contributed by atoms with Crippen LogP contribution >= 0.6 is 0 Å².